The van der Waals surface area contributed by atoms with Crippen LogP contribution in [0.25, 0.3) is 0 Å². The molecular formula is C8H13NS. The summed E-state index contributed by atoms with van der Waals surface area (Å²) >= 11 is 1.62. The molecule has 0 amide bonds. The van der Waals surface area contributed by atoms with Crippen molar-refractivity contribution in [2.45, 2.75) is 33.6 Å². The average molecular weight is 156 g/mol. The molecule has 0 spiro atoms. The van der Waals surface area contributed by atoms with Gasteiger partial charge in [-0.1, -0.05) is 13.8 Å². The molecule has 0 saturated heterocycles. The van der Waals surface area contributed by atoms with Crippen molar-refractivity contribution in [2.24, 2.45) is 0 Å². The minimum absolute atomic E-state index is 0.538. The summed E-state index contributed by atoms with van der Waals surface area (Å²) in [6, 6.07) is 0. The lowest BCUT2D eigenvalue weighted by molar-refractivity contribution is 0.847. The van der Waals surface area contributed by atoms with Crippen LogP contribution in [0.3, 0.4) is 0 Å². The van der Waals surface area contributed by atoms with Gasteiger partial charge in [-0.25, -0.2) is 4.98 Å². The largest absolute Gasteiger partial charge is 0.246 e. The molecule has 2 heteroatoms. The second-order valence-corrected chi connectivity index (χ2v) is 3.86. The summed E-state index contributed by atoms with van der Waals surface area (Å²) in [5, 5.41) is 0.910. The normalized spacial score (nSPS) is 13.4. The molecule has 0 aliphatic heterocycles. The first-order valence-electron chi connectivity index (χ1n) is 3.86. The van der Waals surface area contributed by atoms with Crippen molar-refractivity contribution in [2.75, 3.05) is 0 Å². The summed E-state index contributed by atoms with van der Waals surface area (Å²) < 4.78 is 7.73. The van der Waals surface area contributed by atoms with E-state index >= 15 is 0 Å². The van der Waals surface area contributed by atoms with Crippen molar-refractivity contribution in [3.63, 3.8) is 0 Å². The molecule has 0 N–H and O–H groups in total. The fourth-order valence-electron chi connectivity index (χ4n) is 0.687. The van der Waals surface area contributed by atoms with E-state index in [9.17, 15) is 0 Å². The zero-order valence-corrected chi connectivity index (χ0v) is 7.67. The Hall–Kier alpha value is -0.370. The van der Waals surface area contributed by atoms with Crippen molar-refractivity contribution in [3.05, 3.63) is 15.6 Å². The Morgan fingerprint density at radius 2 is 2.10 bits per heavy atom. The third-order valence-corrected chi connectivity index (χ3v) is 2.75. The van der Waals surface area contributed by atoms with Crippen LogP contribution in [-0.2, 0) is 0 Å². The van der Waals surface area contributed by atoms with Crippen LogP contribution in [0.15, 0.2) is 0 Å². The van der Waals surface area contributed by atoms with Crippen molar-refractivity contribution in [3.8, 4) is 0 Å². The third kappa shape index (κ3) is 1.37. The van der Waals surface area contributed by atoms with Gasteiger partial charge in [0.15, 0.2) is 0 Å². The first kappa shape index (κ1) is 6.35. The van der Waals surface area contributed by atoms with Crippen LogP contribution in [0.2, 0.25) is 0 Å². The number of thiazole rings is 1. The van der Waals surface area contributed by atoms with E-state index < -0.39 is 5.89 Å². The Bertz CT molecular complexity index is 240. The summed E-state index contributed by atoms with van der Waals surface area (Å²) in [5.74, 6) is -0.538. The summed E-state index contributed by atoms with van der Waals surface area (Å²) in [4.78, 5) is 5.54. The predicted octanol–water partition coefficient (Wildman–Crippen LogP) is 2.88. The molecule has 0 saturated carbocycles. The molecule has 0 radical (unpaired) electrons. The fourth-order valence-corrected chi connectivity index (χ4v) is 1.56. The molecule has 10 heavy (non-hydrogen) atoms. The molecule has 0 fully saturated rings. The fraction of sp³-hybridized carbons (Fsp3) is 0.625. The minimum atomic E-state index is -0.538. The van der Waals surface area contributed by atoms with Crippen LogP contribution >= 0.6 is 11.3 Å². The summed E-state index contributed by atoms with van der Waals surface area (Å²) in [7, 11) is 0. The Morgan fingerprint density at radius 3 is 2.30 bits per heavy atom. The maximum atomic E-state index is 7.73. The third-order valence-electron chi connectivity index (χ3n) is 1.46. The molecule has 0 aromatic carbocycles. The lowest BCUT2D eigenvalue weighted by Crippen LogP contribution is -1.84. The van der Waals surface area contributed by atoms with E-state index in [1.807, 2.05) is 27.7 Å². The van der Waals surface area contributed by atoms with E-state index in [1.165, 1.54) is 4.88 Å². The quantitative estimate of drug-likeness (QED) is 0.609. The van der Waals surface area contributed by atoms with Crippen molar-refractivity contribution >= 4 is 11.3 Å². The van der Waals surface area contributed by atoms with Gasteiger partial charge in [0.25, 0.3) is 0 Å². The predicted molar refractivity (Wildman–Crippen MR) is 45.7 cm³/mol. The molecular weight excluding hydrogens is 142 g/mol. The van der Waals surface area contributed by atoms with Gasteiger partial charge in [-0.2, -0.15) is 0 Å². The van der Waals surface area contributed by atoms with Gasteiger partial charge in [-0.15, -0.1) is 11.3 Å². The SMILES string of the molecule is [2H]C(C)(C)c1nc(C)c(C)s1. The summed E-state index contributed by atoms with van der Waals surface area (Å²) in [6.07, 6.45) is 0. The Labute approximate surface area is 67.5 Å². The Morgan fingerprint density at radius 1 is 1.50 bits per heavy atom. The average Bonchev–Trinajstić information content (AvgIpc) is 2.11. The van der Waals surface area contributed by atoms with Crippen molar-refractivity contribution < 1.29 is 1.37 Å². The molecule has 1 heterocycles. The molecule has 1 aromatic heterocycles. The zero-order chi connectivity index (χ0) is 8.65. The van der Waals surface area contributed by atoms with Gasteiger partial charge in [0, 0.05) is 12.1 Å². The smallest absolute Gasteiger partial charge is 0.0956 e. The first-order valence-corrected chi connectivity index (χ1v) is 4.17. The van der Waals surface area contributed by atoms with Crippen LogP contribution in [0.4, 0.5) is 0 Å². The molecule has 0 aliphatic rings. The number of aromatic nitrogens is 1. The van der Waals surface area contributed by atoms with Gasteiger partial charge < -0.3 is 0 Å². The molecule has 1 rings (SSSR count). The molecule has 0 aliphatic carbocycles. The molecule has 1 aromatic rings. The second-order valence-electron chi connectivity index (χ2n) is 2.66. The number of aryl methyl sites for hydroxylation is 2. The highest BCUT2D eigenvalue weighted by atomic mass is 32.1. The second kappa shape index (κ2) is 2.70. The highest BCUT2D eigenvalue weighted by Crippen LogP contribution is 2.22. The number of hydrogen-bond donors (Lipinski definition) is 0. The molecule has 56 valence electrons. The maximum Gasteiger partial charge on any atom is 0.0956 e. The number of hydrogen-bond acceptors (Lipinski definition) is 2. The van der Waals surface area contributed by atoms with E-state index in [2.05, 4.69) is 4.98 Å². The van der Waals surface area contributed by atoms with Crippen LogP contribution in [-0.4, -0.2) is 4.98 Å². The minimum Gasteiger partial charge on any atom is -0.246 e. The van der Waals surface area contributed by atoms with E-state index in [4.69, 9.17) is 1.37 Å². The van der Waals surface area contributed by atoms with Gasteiger partial charge >= 0.3 is 0 Å². The van der Waals surface area contributed by atoms with Crippen LogP contribution in [0, 0.1) is 13.8 Å². The Balaban J connectivity index is 3.08. The molecule has 0 atom stereocenters. The molecule has 0 bridgehead atoms. The maximum absolute atomic E-state index is 7.73. The van der Waals surface area contributed by atoms with Crippen molar-refractivity contribution in [1.82, 2.24) is 4.98 Å². The van der Waals surface area contributed by atoms with Crippen LogP contribution in [0.5, 0.6) is 0 Å². The lowest BCUT2D eigenvalue weighted by Gasteiger charge is -1.94. The molecule has 1 nitrogen and oxygen atoms in total. The van der Waals surface area contributed by atoms with Crippen LogP contribution < -0.4 is 0 Å². The number of nitrogens with zero attached hydrogens (tertiary/aromatic N) is 1. The van der Waals surface area contributed by atoms with E-state index in [1.54, 1.807) is 11.3 Å². The topological polar surface area (TPSA) is 12.9 Å². The first-order chi connectivity index (χ1) is 4.91. The van der Waals surface area contributed by atoms with Gasteiger partial charge in [0.2, 0.25) is 0 Å². The highest BCUT2D eigenvalue weighted by molar-refractivity contribution is 7.11. The van der Waals surface area contributed by atoms with Gasteiger partial charge in [-0.3, -0.25) is 0 Å². The summed E-state index contributed by atoms with van der Waals surface area (Å²) in [6.45, 7) is 7.76. The number of rotatable bonds is 1. The van der Waals surface area contributed by atoms with Gasteiger partial charge in [0.1, 0.15) is 0 Å². The van der Waals surface area contributed by atoms with E-state index in [-0.39, 0.29) is 0 Å². The standard InChI is InChI=1S/C8H13NS/c1-5(2)8-9-6(3)7(4)10-8/h5H,1-4H3/i5D. The lowest BCUT2D eigenvalue weighted by atomic mass is 10.2. The highest BCUT2D eigenvalue weighted by Gasteiger charge is 2.05. The van der Waals surface area contributed by atoms with E-state index in [0.29, 0.717) is 0 Å². The summed E-state index contributed by atoms with van der Waals surface area (Å²) in [5.41, 5.74) is 1.06. The van der Waals surface area contributed by atoms with E-state index in [0.717, 1.165) is 10.7 Å². The van der Waals surface area contributed by atoms with Crippen LogP contribution in [0.1, 0.15) is 36.7 Å². The molecule has 0 unspecified atom stereocenters. The van der Waals surface area contributed by atoms with Crippen molar-refractivity contribution in [1.29, 1.82) is 0 Å². The monoisotopic (exact) mass is 156 g/mol. The Kier molecular flexibility index (Phi) is 1.72. The zero-order valence-electron chi connectivity index (χ0n) is 7.86. The van der Waals surface area contributed by atoms with Gasteiger partial charge in [-0.05, 0) is 13.8 Å². The van der Waals surface area contributed by atoms with Gasteiger partial charge in [0.05, 0.1) is 10.7 Å².